The summed E-state index contributed by atoms with van der Waals surface area (Å²) in [5.41, 5.74) is 1.01. The van der Waals surface area contributed by atoms with Gasteiger partial charge in [-0.2, -0.15) is 0 Å². The van der Waals surface area contributed by atoms with Crippen LogP contribution in [0.4, 0.5) is 5.69 Å². The zero-order valence-corrected chi connectivity index (χ0v) is 11.1. The lowest BCUT2D eigenvalue weighted by Gasteiger charge is -2.11. The molecule has 0 fully saturated rings. The normalized spacial score (nSPS) is 10.2. The van der Waals surface area contributed by atoms with Crippen LogP contribution in [0.5, 0.6) is 5.75 Å². The van der Waals surface area contributed by atoms with Gasteiger partial charge in [0.25, 0.3) is 0 Å². The monoisotopic (exact) mass is 267 g/mol. The fraction of sp³-hybridized carbons (Fsp3) is 0.231. The van der Waals surface area contributed by atoms with Crippen LogP contribution in [0.3, 0.4) is 0 Å². The Morgan fingerprint density at radius 3 is 2.76 bits per heavy atom. The van der Waals surface area contributed by atoms with E-state index in [9.17, 15) is 0 Å². The van der Waals surface area contributed by atoms with Crippen molar-refractivity contribution >= 4 is 28.6 Å². The Morgan fingerprint density at radius 2 is 2.06 bits per heavy atom. The Bertz CT molecular complexity index is 484. The molecule has 1 heterocycles. The Kier molecular flexibility index (Phi) is 4.29. The van der Waals surface area contributed by atoms with Crippen LogP contribution in [-0.2, 0) is 6.54 Å². The standard InChI is InChI=1S/C13H14ClNOS/c1-2-16-12-6-4-3-5-11(12)15-9-10-7-8-13(14)17-10/h3-8,15H,2,9H2,1H3. The molecule has 17 heavy (non-hydrogen) atoms. The molecule has 2 rings (SSSR count). The smallest absolute Gasteiger partial charge is 0.142 e. The van der Waals surface area contributed by atoms with Crippen LogP contribution in [0.25, 0.3) is 0 Å². The molecule has 0 saturated heterocycles. The van der Waals surface area contributed by atoms with E-state index in [4.69, 9.17) is 16.3 Å². The first kappa shape index (κ1) is 12.3. The number of nitrogens with one attached hydrogen (secondary N) is 1. The van der Waals surface area contributed by atoms with Gasteiger partial charge in [0, 0.05) is 11.4 Å². The van der Waals surface area contributed by atoms with Crippen LogP contribution in [-0.4, -0.2) is 6.61 Å². The van der Waals surface area contributed by atoms with Gasteiger partial charge in [-0.3, -0.25) is 0 Å². The molecule has 1 aromatic heterocycles. The molecule has 0 aliphatic heterocycles. The quantitative estimate of drug-likeness (QED) is 0.866. The van der Waals surface area contributed by atoms with Gasteiger partial charge in [0.1, 0.15) is 5.75 Å². The van der Waals surface area contributed by atoms with Gasteiger partial charge < -0.3 is 10.1 Å². The summed E-state index contributed by atoms with van der Waals surface area (Å²) in [4.78, 5) is 1.21. The molecule has 90 valence electrons. The SMILES string of the molecule is CCOc1ccccc1NCc1ccc(Cl)s1. The summed E-state index contributed by atoms with van der Waals surface area (Å²) in [5, 5.41) is 3.35. The highest BCUT2D eigenvalue weighted by molar-refractivity contribution is 7.16. The number of ether oxygens (including phenoxy) is 1. The minimum Gasteiger partial charge on any atom is -0.492 e. The second-order valence-corrected chi connectivity index (χ2v) is 5.29. The first-order valence-corrected chi connectivity index (χ1v) is 6.69. The highest BCUT2D eigenvalue weighted by Crippen LogP contribution is 2.26. The number of hydrogen-bond donors (Lipinski definition) is 1. The van der Waals surface area contributed by atoms with Crippen LogP contribution in [0.15, 0.2) is 36.4 Å². The summed E-state index contributed by atoms with van der Waals surface area (Å²) >= 11 is 7.48. The van der Waals surface area contributed by atoms with Crippen LogP contribution >= 0.6 is 22.9 Å². The van der Waals surface area contributed by atoms with E-state index < -0.39 is 0 Å². The predicted molar refractivity (Wildman–Crippen MR) is 74.3 cm³/mol. The topological polar surface area (TPSA) is 21.3 Å². The number of hydrogen-bond acceptors (Lipinski definition) is 3. The Balaban J connectivity index is 2.03. The van der Waals surface area contributed by atoms with Gasteiger partial charge in [0.05, 0.1) is 16.6 Å². The third-order valence-corrected chi connectivity index (χ3v) is 3.50. The molecule has 0 bridgehead atoms. The van der Waals surface area contributed by atoms with E-state index in [0.717, 1.165) is 22.3 Å². The number of thiophene rings is 1. The molecule has 1 aromatic carbocycles. The van der Waals surface area contributed by atoms with Gasteiger partial charge in [0.2, 0.25) is 0 Å². The van der Waals surface area contributed by atoms with Gasteiger partial charge in [-0.15, -0.1) is 11.3 Å². The minimum absolute atomic E-state index is 0.670. The number of halogens is 1. The van der Waals surface area contributed by atoms with E-state index in [0.29, 0.717) is 6.61 Å². The molecule has 0 atom stereocenters. The third kappa shape index (κ3) is 3.38. The highest BCUT2D eigenvalue weighted by atomic mass is 35.5. The van der Waals surface area contributed by atoms with Crippen molar-refractivity contribution < 1.29 is 4.74 Å². The fourth-order valence-electron chi connectivity index (χ4n) is 1.52. The van der Waals surface area contributed by atoms with Crippen LogP contribution in [0.1, 0.15) is 11.8 Å². The molecular weight excluding hydrogens is 254 g/mol. The molecule has 0 aliphatic carbocycles. The van der Waals surface area contributed by atoms with Gasteiger partial charge >= 0.3 is 0 Å². The second-order valence-electron chi connectivity index (χ2n) is 3.49. The largest absolute Gasteiger partial charge is 0.492 e. The molecule has 1 N–H and O–H groups in total. The average Bonchev–Trinajstić information content (AvgIpc) is 2.74. The number of rotatable bonds is 5. The first-order valence-electron chi connectivity index (χ1n) is 5.49. The zero-order valence-electron chi connectivity index (χ0n) is 9.57. The summed E-state index contributed by atoms with van der Waals surface area (Å²) in [6.07, 6.45) is 0. The molecular formula is C13H14ClNOS. The van der Waals surface area contributed by atoms with Gasteiger partial charge in [0.15, 0.2) is 0 Å². The number of benzene rings is 1. The average molecular weight is 268 g/mol. The predicted octanol–water partition coefficient (Wildman–Crippen LogP) is 4.41. The van der Waals surface area contributed by atoms with Crippen molar-refractivity contribution in [2.45, 2.75) is 13.5 Å². The summed E-state index contributed by atoms with van der Waals surface area (Å²) in [6.45, 7) is 3.42. The third-order valence-electron chi connectivity index (χ3n) is 2.27. The van der Waals surface area contributed by atoms with Crippen molar-refractivity contribution in [2.75, 3.05) is 11.9 Å². The zero-order chi connectivity index (χ0) is 12.1. The Hall–Kier alpha value is -1.19. The van der Waals surface area contributed by atoms with Crippen LogP contribution in [0, 0.1) is 0 Å². The highest BCUT2D eigenvalue weighted by Gasteiger charge is 2.03. The fourth-order valence-corrected chi connectivity index (χ4v) is 2.55. The minimum atomic E-state index is 0.670. The lowest BCUT2D eigenvalue weighted by Crippen LogP contribution is -2.01. The van der Waals surface area contributed by atoms with E-state index in [2.05, 4.69) is 5.32 Å². The molecule has 0 saturated carbocycles. The van der Waals surface area contributed by atoms with Crippen molar-refractivity contribution in [2.24, 2.45) is 0 Å². The number of para-hydroxylation sites is 2. The summed E-state index contributed by atoms with van der Waals surface area (Å²) in [5.74, 6) is 0.887. The molecule has 0 spiro atoms. The number of anilines is 1. The maximum atomic E-state index is 5.89. The van der Waals surface area contributed by atoms with Crippen molar-refractivity contribution in [1.29, 1.82) is 0 Å². The first-order chi connectivity index (χ1) is 8.29. The van der Waals surface area contributed by atoms with E-state index >= 15 is 0 Å². The van der Waals surface area contributed by atoms with Crippen molar-refractivity contribution in [3.63, 3.8) is 0 Å². The summed E-state index contributed by atoms with van der Waals surface area (Å²) in [6, 6.07) is 11.9. The molecule has 0 amide bonds. The van der Waals surface area contributed by atoms with Gasteiger partial charge in [-0.05, 0) is 31.2 Å². The maximum Gasteiger partial charge on any atom is 0.142 e. The Morgan fingerprint density at radius 1 is 1.24 bits per heavy atom. The summed E-state index contributed by atoms with van der Waals surface area (Å²) < 4.78 is 6.36. The van der Waals surface area contributed by atoms with E-state index in [1.807, 2.05) is 43.3 Å². The lowest BCUT2D eigenvalue weighted by atomic mass is 10.3. The van der Waals surface area contributed by atoms with Crippen molar-refractivity contribution in [1.82, 2.24) is 0 Å². The van der Waals surface area contributed by atoms with E-state index in [1.54, 1.807) is 11.3 Å². The molecule has 2 aromatic rings. The lowest BCUT2D eigenvalue weighted by molar-refractivity contribution is 0.341. The van der Waals surface area contributed by atoms with Crippen LogP contribution < -0.4 is 10.1 Å². The summed E-state index contributed by atoms with van der Waals surface area (Å²) in [7, 11) is 0. The van der Waals surface area contributed by atoms with Gasteiger partial charge in [-0.1, -0.05) is 23.7 Å². The molecule has 4 heteroatoms. The maximum absolute atomic E-state index is 5.89. The van der Waals surface area contributed by atoms with E-state index in [1.165, 1.54) is 4.88 Å². The van der Waals surface area contributed by atoms with E-state index in [-0.39, 0.29) is 0 Å². The molecule has 0 unspecified atom stereocenters. The van der Waals surface area contributed by atoms with Crippen molar-refractivity contribution in [3.05, 3.63) is 45.6 Å². The second kappa shape index (κ2) is 5.94. The molecule has 0 radical (unpaired) electrons. The van der Waals surface area contributed by atoms with Gasteiger partial charge in [-0.25, -0.2) is 0 Å². The van der Waals surface area contributed by atoms with Crippen molar-refractivity contribution in [3.8, 4) is 5.75 Å². The molecule has 0 aliphatic rings. The Labute approximate surface area is 110 Å². The molecule has 2 nitrogen and oxygen atoms in total. The van der Waals surface area contributed by atoms with Crippen LogP contribution in [0.2, 0.25) is 4.34 Å².